The van der Waals surface area contributed by atoms with E-state index in [-0.39, 0.29) is 17.9 Å². The molecule has 2 rings (SSSR count). The first-order valence-electron chi connectivity index (χ1n) is 8.03. The van der Waals surface area contributed by atoms with Crippen LogP contribution in [0, 0.1) is 0 Å². The highest BCUT2D eigenvalue weighted by Gasteiger charge is 2.56. The van der Waals surface area contributed by atoms with E-state index >= 15 is 0 Å². The quantitative estimate of drug-likeness (QED) is 0.538. The molecule has 10 heteroatoms. The maximum Gasteiger partial charge on any atom is 0.423 e. The number of alkyl halides is 3. The first-order chi connectivity index (χ1) is 12.6. The van der Waals surface area contributed by atoms with Gasteiger partial charge < -0.3 is 15.9 Å². The molecule has 0 amide bonds. The number of rotatable bonds is 9. The van der Waals surface area contributed by atoms with Crippen molar-refractivity contribution in [2.45, 2.75) is 30.7 Å². The normalized spacial score (nSPS) is 15.3. The van der Waals surface area contributed by atoms with E-state index in [0.29, 0.717) is 4.88 Å². The highest BCUT2D eigenvalue weighted by molar-refractivity contribution is 7.99. The minimum Gasteiger partial charge on any atom is -0.480 e. The molecule has 4 N–H and O–H groups in total. The predicted octanol–water partition coefficient (Wildman–Crippen LogP) is 3.49. The molecule has 0 spiro atoms. The Labute approximate surface area is 162 Å². The van der Waals surface area contributed by atoms with Crippen molar-refractivity contribution in [2.75, 3.05) is 11.5 Å². The van der Waals surface area contributed by atoms with Gasteiger partial charge >= 0.3 is 12.1 Å². The van der Waals surface area contributed by atoms with E-state index in [1.165, 1.54) is 6.07 Å². The van der Waals surface area contributed by atoms with Gasteiger partial charge in [-0.05, 0) is 47.5 Å². The van der Waals surface area contributed by atoms with Crippen LogP contribution in [0.4, 0.5) is 13.2 Å². The van der Waals surface area contributed by atoms with Crippen molar-refractivity contribution >= 4 is 29.3 Å². The molecule has 0 aliphatic heterocycles. The summed E-state index contributed by atoms with van der Waals surface area (Å²) in [6, 6.07) is 9.05. The molecule has 0 saturated heterocycles. The highest BCUT2D eigenvalue weighted by Crippen LogP contribution is 2.43. The van der Waals surface area contributed by atoms with Gasteiger partial charge in [-0.1, -0.05) is 30.3 Å². The van der Waals surface area contributed by atoms with Crippen molar-refractivity contribution in [1.29, 1.82) is 0 Å². The third-order valence-electron chi connectivity index (χ3n) is 3.96. The fourth-order valence-corrected chi connectivity index (χ4v) is 4.15. The number of carboxylic acids is 1. The van der Waals surface area contributed by atoms with Gasteiger partial charge in [-0.2, -0.15) is 29.3 Å². The molecule has 5 nitrogen and oxygen atoms in total. The van der Waals surface area contributed by atoms with Gasteiger partial charge in [0, 0.05) is 0 Å². The molecule has 148 valence electrons. The lowest BCUT2D eigenvalue weighted by molar-refractivity contribution is -0.268. The Morgan fingerprint density at radius 3 is 2.52 bits per heavy atom. The molecule has 2 aromatic rings. The van der Waals surface area contributed by atoms with Crippen molar-refractivity contribution < 1.29 is 28.2 Å². The van der Waals surface area contributed by atoms with E-state index < -0.39 is 35.9 Å². The lowest BCUT2D eigenvalue weighted by atomic mass is 9.95. The van der Waals surface area contributed by atoms with E-state index in [2.05, 4.69) is 4.37 Å². The zero-order chi connectivity index (χ0) is 20.1. The van der Waals surface area contributed by atoms with Crippen LogP contribution in [0.5, 0.6) is 0 Å². The highest BCUT2D eigenvalue weighted by atomic mass is 32.2. The second kappa shape index (κ2) is 9.05. The summed E-state index contributed by atoms with van der Waals surface area (Å²) in [6.45, 7) is 0. The van der Waals surface area contributed by atoms with Crippen LogP contribution in [-0.2, 0) is 10.4 Å². The number of nitrogens with two attached hydrogens (primary N) is 1. The first-order valence-corrected chi connectivity index (χ1v) is 9.96. The minimum atomic E-state index is -4.88. The zero-order valence-electron chi connectivity index (χ0n) is 14.1. The molecule has 0 saturated carbocycles. The van der Waals surface area contributed by atoms with Crippen LogP contribution >= 0.6 is 23.3 Å². The summed E-state index contributed by atoms with van der Waals surface area (Å²) in [4.78, 5) is 11.2. The van der Waals surface area contributed by atoms with E-state index in [9.17, 15) is 23.1 Å². The fraction of sp³-hybridized carbons (Fsp3) is 0.412. The monoisotopic (exact) mass is 420 g/mol. The summed E-state index contributed by atoms with van der Waals surface area (Å²) in [5.41, 5.74) is 2.59. The SMILES string of the molecule is NC(CCSCCC(O)(c1cc(-c2ccccc2)sn1)C(F)(F)F)C(=O)O. The Morgan fingerprint density at radius 2 is 1.93 bits per heavy atom. The van der Waals surface area contributed by atoms with Crippen molar-refractivity contribution in [1.82, 2.24) is 4.37 Å². The maximum absolute atomic E-state index is 13.6. The Bertz CT molecular complexity index is 755. The van der Waals surface area contributed by atoms with Crippen LogP contribution in [0.15, 0.2) is 36.4 Å². The van der Waals surface area contributed by atoms with Gasteiger partial charge in [0.25, 0.3) is 0 Å². The summed E-state index contributed by atoms with van der Waals surface area (Å²) in [5.74, 6) is -0.882. The summed E-state index contributed by atoms with van der Waals surface area (Å²) >= 11 is 2.01. The number of hydrogen-bond donors (Lipinski definition) is 3. The van der Waals surface area contributed by atoms with Crippen LogP contribution < -0.4 is 5.73 Å². The van der Waals surface area contributed by atoms with Crippen molar-refractivity contribution in [2.24, 2.45) is 5.73 Å². The molecule has 2 atom stereocenters. The summed E-state index contributed by atoms with van der Waals surface area (Å²) in [7, 11) is 0. The van der Waals surface area contributed by atoms with E-state index in [1.807, 2.05) is 0 Å². The number of aromatic nitrogens is 1. The number of halogens is 3. The maximum atomic E-state index is 13.6. The smallest absolute Gasteiger partial charge is 0.423 e. The molecular weight excluding hydrogens is 401 g/mol. The van der Waals surface area contributed by atoms with Gasteiger partial charge in [0.05, 0.1) is 10.6 Å². The third-order valence-corrected chi connectivity index (χ3v) is 5.82. The van der Waals surface area contributed by atoms with Gasteiger partial charge in [0.15, 0.2) is 0 Å². The second-order valence-electron chi connectivity index (χ2n) is 5.90. The lowest BCUT2D eigenvalue weighted by Crippen LogP contribution is -2.43. The van der Waals surface area contributed by atoms with Crippen molar-refractivity contribution in [3.05, 3.63) is 42.1 Å². The van der Waals surface area contributed by atoms with Crippen molar-refractivity contribution in [3.8, 4) is 10.4 Å². The molecule has 1 heterocycles. The number of carbonyl (C=O) groups is 1. The van der Waals surface area contributed by atoms with Gasteiger partial charge in [-0.3, -0.25) is 4.79 Å². The Balaban J connectivity index is 2.06. The molecule has 0 aliphatic carbocycles. The standard InChI is InChI=1S/C17H19F3N2O3S2/c18-17(19,20)16(25,7-9-26-8-6-12(21)15(23)24)14-10-13(27-22-14)11-4-2-1-3-5-11/h1-5,10,12,25H,6-9,21H2,(H,23,24). The number of aliphatic hydroxyl groups is 1. The molecule has 0 radical (unpaired) electrons. The number of hydrogen-bond acceptors (Lipinski definition) is 6. The second-order valence-corrected chi connectivity index (χ2v) is 7.93. The molecular formula is C17H19F3N2O3S2. The third kappa shape index (κ3) is 5.44. The predicted molar refractivity (Wildman–Crippen MR) is 99.7 cm³/mol. The Hall–Kier alpha value is -1.62. The van der Waals surface area contributed by atoms with E-state index in [0.717, 1.165) is 28.9 Å². The Morgan fingerprint density at radius 1 is 1.26 bits per heavy atom. The molecule has 1 aromatic carbocycles. The first kappa shape index (κ1) is 21.7. The van der Waals surface area contributed by atoms with Gasteiger partial charge in [-0.25, -0.2) is 0 Å². The summed E-state index contributed by atoms with van der Waals surface area (Å²) in [6.07, 6.45) is -5.33. The molecule has 1 aromatic heterocycles. The molecule has 0 aliphatic rings. The molecule has 0 bridgehead atoms. The summed E-state index contributed by atoms with van der Waals surface area (Å²) in [5, 5.41) is 19.1. The molecule has 27 heavy (non-hydrogen) atoms. The lowest BCUT2D eigenvalue weighted by Gasteiger charge is -2.28. The number of benzene rings is 1. The van der Waals surface area contributed by atoms with Crippen LogP contribution in [0.2, 0.25) is 0 Å². The average Bonchev–Trinajstić information content (AvgIpc) is 3.11. The number of carboxylic acid groups (broad SMARTS) is 1. The number of aliphatic carboxylic acids is 1. The average molecular weight is 420 g/mol. The number of thioether (sulfide) groups is 1. The number of nitrogens with zero attached hydrogens (tertiary/aromatic N) is 1. The van der Waals surface area contributed by atoms with E-state index in [1.54, 1.807) is 30.3 Å². The van der Waals surface area contributed by atoms with Gasteiger partial charge in [0.2, 0.25) is 5.60 Å². The summed E-state index contributed by atoms with van der Waals surface area (Å²) < 4.78 is 44.5. The topological polar surface area (TPSA) is 96.4 Å². The zero-order valence-corrected chi connectivity index (χ0v) is 15.8. The van der Waals surface area contributed by atoms with Crippen LogP contribution in [0.25, 0.3) is 10.4 Å². The van der Waals surface area contributed by atoms with Gasteiger partial charge in [-0.15, -0.1) is 0 Å². The van der Waals surface area contributed by atoms with Crippen LogP contribution in [0.3, 0.4) is 0 Å². The van der Waals surface area contributed by atoms with Crippen LogP contribution in [0.1, 0.15) is 18.5 Å². The largest absolute Gasteiger partial charge is 0.480 e. The Kier molecular flexibility index (Phi) is 7.26. The molecule has 0 fully saturated rings. The van der Waals surface area contributed by atoms with Crippen molar-refractivity contribution in [3.63, 3.8) is 0 Å². The van der Waals surface area contributed by atoms with Crippen LogP contribution in [-0.4, -0.2) is 44.3 Å². The molecule has 2 unspecified atom stereocenters. The minimum absolute atomic E-state index is 0.0133. The fourth-order valence-electron chi connectivity index (χ4n) is 2.28. The van der Waals surface area contributed by atoms with E-state index in [4.69, 9.17) is 10.8 Å². The van der Waals surface area contributed by atoms with Gasteiger partial charge in [0.1, 0.15) is 6.04 Å².